The molecule has 0 radical (unpaired) electrons. The average molecular weight is 559 g/mol. The first kappa shape index (κ1) is 26.7. The van der Waals surface area contributed by atoms with Crippen LogP contribution >= 0.6 is 24.0 Å². The van der Waals surface area contributed by atoms with Gasteiger partial charge in [-0.05, 0) is 30.5 Å². The Labute approximate surface area is 208 Å². The average Bonchev–Trinajstić information content (AvgIpc) is 2.83. The highest BCUT2D eigenvalue weighted by Crippen LogP contribution is 2.23. The van der Waals surface area contributed by atoms with Gasteiger partial charge in [0.15, 0.2) is 5.96 Å². The number of nitrogens with zero attached hydrogens (tertiary/aromatic N) is 2. The lowest BCUT2D eigenvalue weighted by atomic mass is 9.95. The predicted octanol–water partition coefficient (Wildman–Crippen LogP) is 2.30. The Morgan fingerprint density at radius 2 is 1.84 bits per heavy atom. The molecule has 1 aromatic rings. The number of aliphatic imine (C=N–C) groups is 1. The molecule has 9 heteroatoms. The van der Waals surface area contributed by atoms with Gasteiger partial charge >= 0.3 is 0 Å². The molecule has 3 rings (SSSR count). The Morgan fingerprint density at radius 3 is 2.47 bits per heavy atom. The zero-order valence-corrected chi connectivity index (χ0v) is 21.6. The van der Waals surface area contributed by atoms with Crippen LogP contribution in [0.3, 0.4) is 0 Å². The summed E-state index contributed by atoms with van der Waals surface area (Å²) >= 11 is 0. The fraction of sp³-hybridized carbons (Fsp3) is 0.652. The lowest BCUT2D eigenvalue weighted by Crippen LogP contribution is -2.48. The van der Waals surface area contributed by atoms with Gasteiger partial charge in [-0.3, -0.25) is 14.7 Å². The van der Waals surface area contributed by atoms with Crippen LogP contribution in [-0.4, -0.2) is 76.4 Å². The molecule has 0 aromatic heterocycles. The van der Waals surface area contributed by atoms with E-state index in [0.717, 1.165) is 44.9 Å². The number of rotatable bonds is 8. The summed E-state index contributed by atoms with van der Waals surface area (Å²) in [6.07, 6.45) is 5.86. The van der Waals surface area contributed by atoms with Crippen LogP contribution in [0.25, 0.3) is 0 Å². The van der Waals surface area contributed by atoms with Crippen molar-refractivity contribution in [3.05, 3.63) is 29.8 Å². The maximum Gasteiger partial charge on any atom is 0.239 e. The Hall–Kier alpha value is -1.59. The molecular formula is C23H38IN5O3. The van der Waals surface area contributed by atoms with E-state index in [0.29, 0.717) is 18.5 Å². The van der Waals surface area contributed by atoms with E-state index in [1.807, 2.05) is 12.1 Å². The summed E-state index contributed by atoms with van der Waals surface area (Å²) in [7, 11) is 3.40. The molecule has 1 aromatic carbocycles. The number of amides is 1. The topological polar surface area (TPSA) is 87.2 Å². The number of benzene rings is 1. The van der Waals surface area contributed by atoms with Crippen molar-refractivity contribution in [2.24, 2.45) is 4.99 Å². The summed E-state index contributed by atoms with van der Waals surface area (Å²) in [5.74, 6) is 1.50. The molecular weight excluding hydrogens is 521 g/mol. The lowest BCUT2D eigenvalue weighted by Gasteiger charge is -2.35. The number of carbonyl (C=O) groups excluding carboxylic acids is 1. The highest BCUT2D eigenvalue weighted by Gasteiger charge is 2.23. The van der Waals surface area contributed by atoms with E-state index in [1.165, 1.54) is 24.8 Å². The number of ether oxygens (including phenoxy) is 2. The van der Waals surface area contributed by atoms with Crippen LogP contribution in [-0.2, 0) is 9.53 Å². The van der Waals surface area contributed by atoms with Crippen molar-refractivity contribution >= 4 is 35.8 Å². The van der Waals surface area contributed by atoms with E-state index in [2.05, 4.69) is 38.0 Å². The summed E-state index contributed by atoms with van der Waals surface area (Å²) in [6, 6.07) is 8.68. The van der Waals surface area contributed by atoms with Gasteiger partial charge in [0.25, 0.3) is 0 Å². The highest BCUT2D eigenvalue weighted by molar-refractivity contribution is 14.0. The van der Waals surface area contributed by atoms with Crippen LogP contribution < -0.4 is 20.7 Å². The van der Waals surface area contributed by atoms with Gasteiger partial charge in [-0.25, -0.2) is 0 Å². The minimum atomic E-state index is 0. The van der Waals surface area contributed by atoms with Gasteiger partial charge in [0.1, 0.15) is 5.75 Å². The zero-order valence-electron chi connectivity index (χ0n) is 19.3. The van der Waals surface area contributed by atoms with E-state index in [1.54, 1.807) is 14.2 Å². The van der Waals surface area contributed by atoms with E-state index < -0.39 is 0 Å². The monoisotopic (exact) mass is 559 g/mol. The van der Waals surface area contributed by atoms with Crippen LogP contribution in [0.4, 0.5) is 0 Å². The summed E-state index contributed by atoms with van der Waals surface area (Å²) in [5, 5.41) is 9.68. The van der Waals surface area contributed by atoms with E-state index in [4.69, 9.17) is 9.47 Å². The normalized spacial score (nSPS) is 18.9. The number of morpholine rings is 1. The highest BCUT2D eigenvalue weighted by atomic mass is 127. The largest absolute Gasteiger partial charge is 0.497 e. The smallest absolute Gasteiger partial charge is 0.239 e. The van der Waals surface area contributed by atoms with Gasteiger partial charge in [0, 0.05) is 32.7 Å². The first-order valence-corrected chi connectivity index (χ1v) is 11.4. The maximum atomic E-state index is 12.3. The number of carbonyl (C=O) groups is 1. The third kappa shape index (κ3) is 8.40. The molecule has 1 unspecified atom stereocenters. The molecule has 1 atom stereocenters. The van der Waals surface area contributed by atoms with Gasteiger partial charge < -0.3 is 25.4 Å². The van der Waals surface area contributed by atoms with E-state index >= 15 is 0 Å². The second-order valence-electron chi connectivity index (χ2n) is 8.15. The van der Waals surface area contributed by atoms with Crippen molar-refractivity contribution in [3.63, 3.8) is 0 Å². The maximum absolute atomic E-state index is 12.3. The van der Waals surface area contributed by atoms with Crippen molar-refractivity contribution in [2.45, 2.75) is 44.2 Å². The van der Waals surface area contributed by atoms with Gasteiger partial charge in [-0.1, -0.05) is 31.4 Å². The van der Waals surface area contributed by atoms with Crippen LogP contribution in [0.15, 0.2) is 29.3 Å². The fourth-order valence-corrected chi connectivity index (χ4v) is 4.28. The van der Waals surface area contributed by atoms with Gasteiger partial charge in [-0.15, -0.1) is 24.0 Å². The fourth-order valence-electron chi connectivity index (χ4n) is 4.28. The van der Waals surface area contributed by atoms with Crippen molar-refractivity contribution in [3.8, 4) is 5.75 Å². The summed E-state index contributed by atoms with van der Waals surface area (Å²) in [6.45, 7) is 4.14. The van der Waals surface area contributed by atoms with Crippen molar-refractivity contribution in [1.29, 1.82) is 0 Å². The number of hydrogen-bond acceptors (Lipinski definition) is 5. The molecule has 1 amide bonds. The summed E-state index contributed by atoms with van der Waals surface area (Å²) < 4.78 is 10.8. The first-order chi connectivity index (χ1) is 15.2. The van der Waals surface area contributed by atoms with Crippen LogP contribution in [0.1, 0.15) is 43.7 Å². The van der Waals surface area contributed by atoms with Gasteiger partial charge in [-0.2, -0.15) is 0 Å². The Morgan fingerprint density at radius 1 is 1.16 bits per heavy atom. The molecule has 180 valence electrons. The first-order valence-electron chi connectivity index (χ1n) is 11.4. The molecule has 2 fully saturated rings. The predicted molar refractivity (Wildman–Crippen MR) is 138 cm³/mol. The van der Waals surface area contributed by atoms with Crippen molar-refractivity contribution < 1.29 is 14.3 Å². The summed E-state index contributed by atoms with van der Waals surface area (Å²) in [4.78, 5) is 19.0. The minimum absolute atomic E-state index is 0. The quantitative estimate of drug-likeness (QED) is 0.258. The van der Waals surface area contributed by atoms with Gasteiger partial charge in [0.05, 0.1) is 32.9 Å². The molecule has 1 saturated heterocycles. The molecule has 0 spiro atoms. The number of guanidine groups is 1. The zero-order chi connectivity index (χ0) is 21.9. The Kier molecular flexibility index (Phi) is 12.1. The van der Waals surface area contributed by atoms with E-state index in [-0.39, 0.29) is 42.5 Å². The number of halogens is 1. The molecule has 2 aliphatic rings. The molecule has 8 nitrogen and oxygen atoms in total. The van der Waals surface area contributed by atoms with Crippen LogP contribution in [0, 0.1) is 0 Å². The third-order valence-corrected chi connectivity index (χ3v) is 6.06. The SMILES string of the molecule is CN=C(NCC(=O)NC1CCCCC1)NCC(c1ccc(OC)cc1)N1CCOCC1.I. The molecule has 0 bridgehead atoms. The number of methoxy groups -OCH3 is 1. The standard InChI is InChI=1S/C23H37N5O3.HI/c1-24-23(26-17-22(29)27-19-6-4-3-5-7-19)25-16-21(28-12-14-31-15-13-28)18-8-10-20(30-2)11-9-18;/h8-11,19,21H,3-7,12-17H2,1-2H3,(H,27,29)(H2,24,25,26);1H. The Balaban J connectivity index is 0.00000363. The molecule has 3 N–H and O–H groups in total. The molecule has 1 saturated carbocycles. The van der Waals surface area contributed by atoms with E-state index in [9.17, 15) is 4.79 Å². The second kappa shape index (κ2) is 14.5. The van der Waals surface area contributed by atoms with Crippen LogP contribution in [0.5, 0.6) is 5.75 Å². The molecule has 32 heavy (non-hydrogen) atoms. The molecule has 1 aliphatic carbocycles. The third-order valence-electron chi connectivity index (χ3n) is 6.06. The molecule has 1 heterocycles. The lowest BCUT2D eigenvalue weighted by molar-refractivity contribution is -0.120. The Bertz CT molecular complexity index is 704. The summed E-state index contributed by atoms with van der Waals surface area (Å²) in [5.41, 5.74) is 1.21. The number of hydrogen-bond donors (Lipinski definition) is 3. The van der Waals surface area contributed by atoms with Crippen molar-refractivity contribution in [2.75, 3.05) is 53.6 Å². The minimum Gasteiger partial charge on any atom is -0.497 e. The van der Waals surface area contributed by atoms with Crippen LogP contribution in [0.2, 0.25) is 0 Å². The number of nitrogens with one attached hydrogen (secondary N) is 3. The van der Waals surface area contributed by atoms with Gasteiger partial charge in [0.2, 0.25) is 5.91 Å². The molecule has 1 aliphatic heterocycles. The van der Waals surface area contributed by atoms with Crippen molar-refractivity contribution in [1.82, 2.24) is 20.9 Å². The second-order valence-corrected chi connectivity index (χ2v) is 8.15.